The summed E-state index contributed by atoms with van der Waals surface area (Å²) in [7, 11) is 0. The molecule has 2 aromatic heterocycles. The van der Waals surface area contributed by atoms with Crippen molar-refractivity contribution >= 4 is 22.6 Å². The van der Waals surface area contributed by atoms with Crippen LogP contribution in [0.1, 0.15) is 32.0 Å². The number of fused-ring (bicyclic) bond motifs is 1. The number of hydrogen-bond acceptors (Lipinski definition) is 3. The van der Waals surface area contributed by atoms with Gasteiger partial charge in [-0.2, -0.15) is 0 Å². The molecule has 0 N–H and O–H groups in total. The Kier molecular flexibility index (Phi) is 5.61. The van der Waals surface area contributed by atoms with Gasteiger partial charge < -0.3 is 9.30 Å². The van der Waals surface area contributed by atoms with Gasteiger partial charge in [-0.05, 0) is 18.9 Å². The van der Waals surface area contributed by atoms with Crippen molar-refractivity contribution in [2.45, 2.75) is 38.6 Å². The topological polar surface area (TPSA) is 39.9 Å². The normalized spacial score (nSPS) is 11.3. The highest BCUT2D eigenvalue weighted by Gasteiger charge is 2.09. The monoisotopic (exact) mass is 281 g/mol. The zero-order chi connectivity index (χ0) is 13.5. The third-order valence-corrected chi connectivity index (χ3v) is 3.30. The highest BCUT2D eigenvalue weighted by atomic mass is 35.5. The van der Waals surface area contributed by atoms with E-state index in [4.69, 9.17) is 16.3 Å². The molecule has 0 aliphatic carbocycles. The van der Waals surface area contributed by atoms with Crippen molar-refractivity contribution in [1.29, 1.82) is 0 Å². The molecule has 0 unspecified atom stereocenters. The Balaban J connectivity index is 1.95. The average Bonchev–Trinajstić information content (AvgIpc) is 2.81. The van der Waals surface area contributed by atoms with Gasteiger partial charge in [-0.3, -0.25) is 4.98 Å². The summed E-state index contributed by atoms with van der Waals surface area (Å²) in [6, 6.07) is 1.98. The lowest BCUT2D eigenvalue weighted by molar-refractivity contribution is 0.126. The number of aromatic nitrogens is 3. The summed E-state index contributed by atoms with van der Waals surface area (Å²) >= 11 is 5.95. The van der Waals surface area contributed by atoms with Crippen molar-refractivity contribution in [3.63, 3.8) is 0 Å². The number of rotatable bonds is 8. The smallest absolute Gasteiger partial charge is 0.124 e. The summed E-state index contributed by atoms with van der Waals surface area (Å²) in [5, 5.41) is 0. The molecular formula is C14H20ClN3O. The van der Waals surface area contributed by atoms with E-state index >= 15 is 0 Å². The fourth-order valence-corrected chi connectivity index (χ4v) is 2.26. The van der Waals surface area contributed by atoms with Gasteiger partial charge in [0.2, 0.25) is 0 Å². The Bertz CT molecular complexity index is 512. The number of imidazole rings is 1. The Labute approximate surface area is 118 Å². The van der Waals surface area contributed by atoms with E-state index in [0.29, 0.717) is 5.88 Å². The van der Waals surface area contributed by atoms with E-state index in [1.54, 1.807) is 12.4 Å². The van der Waals surface area contributed by atoms with Crippen LogP contribution in [0.5, 0.6) is 0 Å². The molecule has 0 aromatic carbocycles. The number of hydrogen-bond donors (Lipinski definition) is 0. The summed E-state index contributed by atoms with van der Waals surface area (Å²) in [4.78, 5) is 8.58. The van der Waals surface area contributed by atoms with Crippen LogP contribution >= 0.6 is 11.6 Å². The first kappa shape index (κ1) is 14.3. The molecule has 5 heteroatoms. The van der Waals surface area contributed by atoms with Crippen molar-refractivity contribution in [1.82, 2.24) is 14.5 Å². The lowest BCUT2D eigenvalue weighted by atomic mass is 10.3. The number of nitrogens with zero attached hydrogens (tertiary/aromatic N) is 3. The Morgan fingerprint density at radius 1 is 1.32 bits per heavy atom. The number of halogens is 1. The van der Waals surface area contributed by atoms with Crippen LogP contribution < -0.4 is 0 Å². The maximum absolute atomic E-state index is 5.95. The minimum Gasteiger partial charge on any atom is -0.381 e. The Morgan fingerprint density at radius 2 is 2.16 bits per heavy atom. The van der Waals surface area contributed by atoms with Gasteiger partial charge in [-0.1, -0.05) is 13.3 Å². The molecule has 0 bridgehead atoms. The average molecular weight is 282 g/mol. The van der Waals surface area contributed by atoms with Gasteiger partial charge in [-0.15, -0.1) is 11.6 Å². The lowest BCUT2D eigenvalue weighted by Crippen LogP contribution is -2.06. The molecule has 0 atom stereocenters. The molecule has 2 aromatic rings. The van der Waals surface area contributed by atoms with E-state index in [1.807, 2.05) is 6.07 Å². The summed E-state index contributed by atoms with van der Waals surface area (Å²) < 4.78 is 7.74. The molecule has 0 aliphatic rings. The maximum atomic E-state index is 5.95. The predicted molar refractivity (Wildman–Crippen MR) is 77.4 cm³/mol. The van der Waals surface area contributed by atoms with E-state index in [2.05, 4.69) is 21.5 Å². The third-order valence-electron chi connectivity index (χ3n) is 3.06. The first-order valence-electron chi connectivity index (χ1n) is 6.79. The molecule has 0 aliphatic heterocycles. The maximum Gasteiger partial charge on any atom is 0.124 e. The Hall–Kier alpha value is -1.13. The summed E-state index contributed by atoms with van der Waals surface area (Å²) in [6.07, 6.45) is 6.85. The molecule has 0 amide bonds. The number of ether oxygens (including phenoxy) is 1. The van der Waals surface area contributed by atoms with Crippen LogP contribution in [0.15, 0.2) is 18.5 Å². The SMILES string of the molecule is CCCCOCCCn1c(CCl)nc2cnccc21. The fraction of sp³-hybridized carbons (Fsp3) is 0.571. The highest BCUT2D eigenvalue weighted by Crippen LogP contribution is 2.16. The minimum absolute atomic E-state index is 0.422. The molecule has 0 saturated carbocycles. The largest absolute Gasteiger partial charge is 0.381 e. The van der Waals surface area contributed by atoms with Crippen LogP contribution in [0, 0.1) is 0 Å². The van der Waals surface area contributed by atoms with Gasteiger partial charge in [0, 0.05) is 26.0 Å². The molecule has 0 fully saturated rings. The molecule has 2 rings (SSSR count). The molecule has 0 radical (unpaired) electrons. The second-order valence-corrected chi connectivity index (χ2v) is 4.76. The van der Waals surface area contributed by atoms with Gasteiger partial charge >= 0.3 is 0 Å². The van der Waals surface area contributed by atoms with E-state index in [1.165, 1.54) is 6.42 Å². The first-order valence-corrected chi connectivity index (χ1v) is 7.33. The van der Waals surface area contributed by atoms with Crippen molar-refractivity contribution < 1.29 is 4.74 Å². The standard InChI is InChI=1S/C14H20ClN3O/c1-2-3-8-19-9-4-7-18-13-5-6-16-11-12(13)17-14(18)10-15/h5-6,11H,2-4,7-10H2,1H3. The number of pyridine rings is 1. The highest BCUT2D eigenvalue weighted by molar-refractivity contribution is 6.16. The van der Waals surface area contributed by atoms with Crippen molar-refractivity contribution in [2.24, 2.45) is 0 Å². The molecule has 19 heavy (non-hydrogen) atoms. The minimum atomic E-state index is 0.422. The van der Waals surface area contributed by atoms with E-state index in [9.17, 15) is 0 Å². The van der Waals surface area contributed by atoms with Crippen molar-refractivity contribution in [3.8, 4) is 0 Å². The predicted octanol–water partition coefficient (Wildman–Crippen LogP) is 3.38. The Morgan fingerprint density at radius 3 is 2.95 bits per heavy atom. The molecule has 0 spiro atoms. The summed E-state index contributed by atoms with van der Waals surface area (Å²) in [6.45, 7) is 4.69. The van der Waals surface area contributed by atoms with Gasteiger partial charge in [0.15, 0.2) is 0 Å². The molecule has 2 heterocycles. The number of aryl methyl sites for hydroxylation is 1. The van der Waals surface area contributed by atoms with Gasteiger partial charge in [0.25, 0.3) is 0 Å². The van der Waals surface area contributed by atoms with E-state index in [-0.39, 0.29) is 0 Å². The van der Waals surface area contributed by atoms with Crippen LogP contribution in [0.25, 0.3) is 11.0 Å². The molecule has 4 nitrogen and oxygen atoms in total. The van der Waals surface area contributed by atoms with Crippen LogP contribution in [-0.2, 0) is 17.2 Å². The molecular weight excluding hydrogens is 262 g/mol. The van der Waals surface area contributed by atoms with Crippen LogP contribution in [0.3, 0.4) is 0 Å². The first-order chi connectivity index (χ1) is 9.36. The van der Waals surface area contributed by atoms with Crippen LogP contribution in [0.4, 0.5) is 0 Å². The second-order valence-electron chi connectivity index (χ2n) is 4.50. The van der Waals surface area contributed by atoms with Gasteiger partial charge in [0.1, 0.15) is 11.3 Å². The number of alkyl halides is 1. The van der Waals surface area contributed by atoms with E-state index in [0.717, 1.165) is 49.5 Å². The number of unbranched alkanes of at least 4 members (excludes halogenated alkanes) is 1. The molecule has 0 saturated heterocycles. The van der Waals surface area contributed by atoms with Crippen LogP contribution in [0.2, 0.25) is 0 Å². The second kappa shape index (κ2) is 7.46. The zero-order valence-electron chi connectivity index (χ0n) is 11.3. The quantitative estimate of drug-likeness (QED) is 0.550. The lowest BCUT2D eigenvalue weighted by Gasteiger charge is -2.08. The summed E-state index contributed by atoms with van der Waals surface area (Å²) in [5.41, 5.74) is 2.00. The molecule has 104 valence electrons. The van der Waals surface area contributed by atoms with Crippen molar-refractivity contribution in [2.75, 3.05) is 13.2 Å². The van der Waals surface area contributed by atoms with Crippen LogP contribution in [-0.4, -0.2) is 27.7 Å². The van der Waals surface area contributed by atoms with Crippen molar-refractivity contribution in [3.05, 3.63) is 24.3 Å². The zero-order valence-corrected chi connectivity index (χ0v) is 12.1. The van der Waals surface area contributed by atoms with Gasteiger partial charge in [-0.25, -0.2) is 4.98 Å². The van der Waals surface area contributed by atoms with Gasteiger partial charge in [0.05, 0.1) is 17.6 Å². The fourth-order valence-electron chi connectivity index (χ4n) is 2.06. The summed E-state index contributed by atoms with van der Waals surface area (Å²) in [5.74, 6) is 1.32. The third kappa shape index (κ3) is 3.67. The van der Waals surface area contributed by atoms with E-state index < -0.39 is 0 Å².